The van der Waals surface area contributed by atoms with Gasteiger partial charge >= 0.3 is 0 Å². The summed E-state index contributed by atoms with van der Waals surface area (Å²) < 4.78 is 8.68. The Balaban J connectivity index is 1.52. The van der Waals surface area contributed by atoms with Crippen LogP contribution in [-0.2, 0) is 29.6 Å². The van der Waals surface area contributed by atoms with Crippen LogP contribution in [0.3, 0.4) is 0 Å². The Labute approximate surface area is 266 Å². The molecule has 1 aromatic heterocycles. The molecule has 4 aromatic rings. The second-order valence-corrected chi connectivity index (χ2v) is 12.7. The number of rotatable bonds is 8. The van der Waals surface area contributed by atoms with Gasteiger partial charge in [0.25, 0.3) is 5.91 Å². The monoisotopic (exact) mass is 610 g/mol. The second-order valence-electron chi connectivity index (χ2n) is 12.7. The SMILES string of the molecule is C[C@@H]1CN([C@@H](C)CO)C(=O)c2c(c3ccccc3n2C)-c2ccccc2CO[C@@H]1CN(C)C(=O)[C@@H](Cc1ccccc1)N(C)C. The number of likely N-dealkylation sites (N-methyl/N-ethyl adjacent to an activating group) is 2. The molecule has 0 bridgehead atoms. The molecule has 0 fully saturated rings. The summed E-state index contributed by atoms with van der Waals surface area (Å²) in [6.45, 7) is 4.84. The molecular weight excluding hydrogens is 564 g/mol. The van der Waals surface area contributed by atoms with Crippen molar-refractivity contribution in [1.29, 1.82) is 0 Å². The Hall–Kier alpha value is -3.98. The minimum Gasteiger partial charge on any atom is -0.394 e. The first-order valence-corrected chi connectivity index (χ1v) is 15.8. The molecule has 0 radical (unpaired) electrons. The number of para-hydroxylation sites is 1. The minimum absolute atomic E-state index is 0.0184. The van der Waals surface area contributed by atoms with E-state index < -0.39 is 6.04 Å². The molecule has 0 spiro atoms. The van der Waals surface area contributed by atoms with Crippen LogP contribution in [-0.4, -0.2) is 95.2 Å². The Morgan fingerprint density at radius 2 is 1.67 bits per heavy atom. The summed E-state index contributed by atoms with van der Waals surface area (Å²) in [7, 11) is 7.64. The molecule has 1 aliphatic heterocycles. The smallest absolute Gasteiger partial charge is 0.271 e. The standard InChI is InChI=1S/C37H46N4O4/c1-25-21-41(26(2)23-42)37(44)35-34(30-18-12-13-19-31(30)40(35)6)29-17-11-10-16-28(29)24-45-33(25)22-39(5)36(43)32(38(3)4)20-27-14-8-7-9-15-27/h7-19,25-26,32-33,42H,20-24H2,1-6H3/t25-,26+,32-,33-/m1/s1. The molecule has 2 heterocycles. The Morgan fingerprint density at radius 1 is 1.00 bits per heavy atom. The zero-order chi connectivity index (χ0) is 32.2. The van der Waals surface area contributed by atoms with E-state index in [1.54, 1.807) is 9.80 Å². The first-order valence-electron chi connectivity index (χ1n) is 15.8. The Kier molecular flexibility index (Phi) is 10.1. The van der Waals surface area contributed by atoms with E-state index >= 15 is 0 Å². The third-order valence-corrected chi connectivity index (χ3v) is 9.24. The number of carbonyl (C=O) groups excluding carboxylic acids is 2. The van der Waals surface area contributed by atoms with E-state index in [9.17, 15) is 14.7 Å². The number of hydrogen-bond donors (Lipinski definition) is 1. The van der Waals surface area contributed by atoms with Gasteiger partial charge in [-0.15, -0.1) is 0 Å². The van der Waals surface area contributed by atoms with E-state index in [4.69, 9.17) is 4.74 Å². The fraction of sp³-hybridized carbons (Fsp3) is 0.405. The number of carbonyl (C=O) groups is 2. The first kappa shape index (κ1) is 32.4. The highest BCUT2D eigenvalue weighted by Gasteiger charge is 2.34. The highest BCUT2D eigenvalue weighted by Crippen LogP contribution is 2.38. The summed E-state index contributed by atoms with van der Waals surface area (Å²) in [4.78, 5) is 34.0. The van der Waals surface area contributed by atoms with Crippen LogP contribution in [0.15, 0.2) is 78.9 Å². The Bertz CT molecular complexity index is 1630. The molecular formula is C37H46N4O4. The van der Waals surface area contributed by atoms with Crippen molar-refractivity contribution < 1.29 is 19.4 Å². The number of benzene rings is 3. The van der Waals surface area contributed by atoms with Crippen LogP contribution in [0.2, 0.25) is 0 Å². The van der Waals surface area contributed by atoms with Crippen molar-refractivity contribution in [3.63, 3.8) is 0 Å². The van der Waals surface area contributed by atoms with Gasteiger partial charge in [-0.3, -0.25) is 14.5 Å². The largest absolute Gasteiger partial charge is 0.394 e. The molecule has 0 aliphatic carbocycles. The lowest BCUT2D eigenvalue weighted by molar-refractivity contribution is -0.137. The number of aliphatic hydroxyl groups excluding tert-OH is 1. The molecule has 0 unspecified atom stereocenters. The van der Waals surface area contributed by atoms with Gasteiger partial charge in [-0.25, -0.2) is 0 Å². The van der Waals surface area contributed by atoms with E-state index in [0.29, 0.717) is 31.8 Å². The molecule has 1 N–H and O–H groups in total. The average molecular weight is 611 g/mol. The summed E-state index contributed by atoms with van der Waals surface area (Å²) in [5.74, 6) is -0.244. The van der Waals surface area contributed by atoms with Crippen molar-refractivity contribution >= 4 is 22.7 Å². The first-order chi connectivity index (χ1) is 21.6. The lowest BCUT2D eigenvalue weighted by atomic mass is 9.96. The van der Waals surface area contributed by atoms with Gasteiger partial charge in [-0.05, 0) is 50.2 Å². The van der Waals surface area contributed by atoms with Gasteiger partial charge in [0, 0.05) is 49.6 Å². The predicted octanol–water partition coefficient (Wildman–Crippen LogP) is 4.83. The van der Waals surface area contributed by atoms with Gasteiger partial charge in [0.1, 0.15) is 5.69 Å². The van der Waals surface area contributed by atoms with Crippen LogP contribution in [0.1, 0.15) is 35.5 Å². The summed E-state index contributed by atoms with van der Waals surface area (Å²) in [6, 6.07) is 25.5. The maximum Gasteiger partial charge on any atom is 0.271 e. The lowest BCUT2D eigenvalue weighted by Crippen LogP contribution is -2.50. The van der Waals surface area contributed by atoms with Crippen LogP contribution in [0, 0.1) is 5.92 Å². The molecule has 5 rings (SSSR count). The number of fused-ring (bicyclic) bond motifs is 5. The van der Waals surface area contributed by atoms with Crippen LogP contribution in [0.5, 0.6) is 0 Å². The number of aromatic nitrogens is 1. The van der Waals surface area contributed by atoms with Crippen LogP contribution in [0.25, 0.3) is 22.0 Å². The third kappa shape index (κ3) is 6.69. The second kappa shape index (κ2) is 14.0. The summed E-state index contributed by atoms with van der Waals surface area (Å²) in [5.41, 5.74) is 5.47. The summed E-state index contributed by atoms with van der Waals surface area (Å²) in [6.07, 6.45) is 0.249. The van der Waals surface area contributed by atoms with Crippen LogP contribution < -0.4 is 0 Å². The maximum absolute atomic E-state index is 14.6. The number of aliphatic hydroxyl groups is 1. The highest BCUT2D eigenvalue weighted by molar-refractivity contribution is 6.10. The van der Waals surface area contributed by atoms with Crippen molar-refractivity contribution in [2.75, 3.05) is 40.8 Å². The van der Waals surface area contributed by atoms with Crippen LogP contribution in [0.4, 0.5) is 0 Å². The maximum atomic E-state index is 14.6. The topological polar surface area (TPSA) is 78.2 Å². The van der Waals surface area contributed by atoms with Crippen molar-refractivity contribution in [3.05, 3.63) is 95.7 Å². The fourth-order valence-electron chi connectivity index (χ4n) is 6.47. The molecule has 8 nitrogen and oxygen atoms in total. The van der Waals surface area contributed by atoms with E-state index in [2.05, 4.69) is 19.1 Å². The van der Waals surface area contributed by atoms with Crippen molar-refractivity contribution in [2.24, 2.45) is 13.0 Å². The van der Waals surface area contributed by atoms with E-state index in [0.717, 1.165) is 33.2 Å². The molecule has 4 atom stereocenters. The normalized spacial score (nSPS) is 18.7. The zero-order valence-electron chi connectivity index (χ0n) is 27.3. The molecule has 1 aliphatic rings. The molecule has 0 saturated carbocycles. The summed E-state index contributed by atoms with van der Waals surface area (Å²) in [5, 5.41) is 11.3. The molecule has 8 heteroatoms. The summed E-state index contributed by atoms with van der Waals surface area (Å²) >= 11 is 0. The van der Waals surface area contributed by atoms with Gasteiger partial charge in [-0.1, -0.05) is 79.7 Å². The molecule has 0 saturated heterocycles. The Morgan fingerprint density at radius 3 is 2.38 bits per heavy atom. The predicted molar refractivity (Wildman–Crippen MR) is 179 cm³/mol. The lowest BCUT2D eigenvalue weighted by Gasteiger charge is -2.36. The van der Waals surface area contributed by atoms with E-state index in [1.165, 1.54) is 0 Å². The van der Waals surface area contributed by atoms with Gasteiger partial charge in [0.05, 0.1) is 31.4 Å². The molecule has 3 aromatic carbocycles. The molecule has 238 valence electrons. The number of hydrogen-bond acceptors (Lipinski definition) is 5. The van der Waals surface area contributed by atoms with Gasteiger partial charge < -0.3 is 24.2 Å². The van der Waals surface area contributed by atoms with Crippen molar-refractivity contribution in [1.82, 2.24) is 19.3 Å². The van der Waals surface area contributed by atoms with Gasteiger partial charge in [0.2, 0.25) is 5.91 Å². The molecule has 45 heavy (non-hydrogen) atoms. The zero-order valence-corrected chi connectivity index (χ0v) is 27.3. The fourth-order valence-corrected chi connectivity index (χ4v) is 6.47. The third-order valence-electron chi connectivity index (χ3n) is 9.24. The van der Waals surface area contributed by atoms with Gasteiger partial charge in [0.15, 0.2) is 0 Å². The number of nitrogens with zero attached hydrogens (tertiary/aromatic N) is 4. The van der Waals surface area contributed by atoms with Crippen molar-refractivity contribution in [3.8, 4) is 11.1 Å². The van der Waals surface area contributed by atoms with Gasteiger partial charge in [-0.2, -0.15) is 0 Å². The van der Waals surface area contributed by atoms with E-state index in [-0.39, 0.29) is 36.5 Å². The van der Waals surface area contributed by atoms with E-state index in [1.807, 2.05) is 111 Å². The number of aryl methyl sites for hydroxylation is 1. The quantitative estimate of drug-likeness (QED) is 0.309. The highest BCUT2D eigenvalue weighted by atomic mass is 16.5. The number of amides is 2. The number of ether oxygens (including phenoxy) is 1. The van der Waals surface area contributed by atoms with Crippen molar-refractivity contribution in [2.45, 2.75) is 45.1 Å². The average Bonchev–Trinajstić information content (AvgIpc) is 3.34. The van der Waals surface area contributed by atoms with Crippen LogP contribution >= 0.6 is 0 Å². The minimum atomic E-state index is -0.411. The molecule has 2 amide bonds.